The first-order valence-corrected chi connectivity index (χ1v) is 8.25. The number of aromatic nitrogens is 3. The molecule has 0 bridgehead atoms. The first-order valence-electron chi connectivity index (χ1n) is 6.77. The lowest BCUT2D eigenvalue weighted by Crippen LogP contribution is -2.25. The minimum Gasteiger partial charge on any atom is -0.385 e. The average Bonchev–Trinajstić information content (AvgIpc) is 2.94. The van der Waals surface area contributed by atoms with Crippen LogP contribution in [0, 0.1) is 0 Å². The molecule has 0 amide bonds. The van der Waals surface area contributed by atoms with E-state index in [9.17, 15) is 8.42 Å². The zero-order valence-corrected chi connectivity index (χ0v) is 12.9. The predicted molar refractivity (Wildman–Crippen MR) is 80.3 cm³/mol. The highest BCUT2D eigenvalue weighted by Crippen LogP contribution is 2.14. The van der Waals surface area contributed by atoms with Crippen LogP contribution in [0.1, 0.15) is 19.7 Å². The normalized spacial score (nSPS) is 11.5. The van der Waals surface area contributed by atoms with Gasteiger partial charge in [-0.25, -0.2) is 13.1 Å². The maximum atomic E-state index is 12.2. The molecule has 2 N–H and O–H groups in total. The van der Waals surface area contributed by atoms with Crippen LogP contribution >= 0.6 is 0 Å². The molecule has 0 aliphatic rings. The molecule has 114 valence electrons. The summed E-state index contributed by atoms with van der Waals surface area (Å²) in [4.78, 5) is 0.228. The number of hydrogen-bond donors (Lipinski definition) is 2. The largest absolute Gasteiger partial charge is 0.385 e. The number of benzene rings is 1. The van der Waals surface area contributed by atoms with Crippen LogP contribution in [0.15, 0.2) is 35.5 Å². The average molecular weight is 309 g/mol. The van der Waals surface area contributed by atoms with E-state index in [0.29, 0.717) is 12.4 Å². The van der Waals surface area contributed by atoms with Crippen LogP contribution in [0.4, 0.5) is 5.69 Å². The van der Waals surface area contributed by atoms with E-state index in [1.807, 2.05) is 13.8 Å². The Labute approximate surface area is 124 Å². The number of rotatable bonds is 7. The van der Waals surface area contributed by atoms with Crippen LogP contribution in [-0.4, -0.2) is 29.7 Å². The second kappa shape index (κ2) is 6.68. The number of anilines is 1. The predicted octanol–water partition coefficient (Wildman–Crippen LogP) is 1.21. The van der Waals surface area contributed by atoms with Crippen LogP contribution in [0.2, 0.25) is 0 Å². The van der Waals surface area contributed by atoms with Crippen LogP contribution in [0.3, 0.4) is 0 Å². The summed E-state index contributed by atoms with van der Waals surface area (Å²) < 4.78 is 28.7. The van der Waals surface area contributed by atoms with Gasteiger partial charge in [0.15, 0.2) is 0 Å². The fraction of sp³-hybridized carbons (Fsp3) is 0.385. The second-order valence-corrected chi connectivity index (χ2v) is 6.18. The van der Waals surface area contributed by atoms with E-state index >= 15 is 0 Å². The third kappa shape index (κ3) is 3.79. The van der Waals surface area contributed by atoms with Gasteiger partial charge in [-0.05, 0) is 38.1 Å². The minimum atomic E-state index is -3.55. The molecular weight excluding hydrogens is 290 g/mol. The van der Waals surface area contributed by atoms with Crippen molar-refractivity contribution in [3.63, 3.8) is 0 Å². The Morgan fingerprint density at radius 2 is 1.90 bits per heavy atom. The lowest BCUT2D eigenvalue weighted by molar-refractivity contribution is 0.575. The first kappa shape index (κ1) is 15.5. The quantitative estimate of drug-likeness (QED) is 0.802. The van der Waals surface area contributed by atoms with Gasteiger partial charge in [0, 0.05) is 18.8 Å². The lowest BCUT2D eigenvalue weighted by atomic mass is 10.3. The van der Waals surface area contributed by atoms with Crippen molar-refractivity contribution in [1.82, 2.24) is 19.5 Å². The van der Waals surface area contributed by atoms with Crippen molar-refractivity contribution in [2.75, 3.05) is 11.9 Å². The van der Waals surface area contributed by atoms with Gasteiger partial charge >= 0.3 is 0 Å². The highest BCUT2D eigenvalue weighted by molar-refractivity contribution is 7.89. The molecule has 1 aromatic heterocycles. The minimum absolute atomic E-state index is 0.116. The van der Waals surface area contributed by atoms with Gasteiger partial charge in [-0.15, -0.1) is 10.2 Å². The standard InChI is InChI=1S/C13H19N5O2S/c1-3-14-11-5-7-12(8-6-11)21(19,20)16-9-13-17-15-10-18(13)4-2/h5-8,10,14,16H,3-4,9H2,1-2H3. The van der Waals surface area contributed by atoms with E-state index in [1.54, 1.807) is 35.2 Å². The molecule has 8 heteroatoms. The molecule has 2 rings (SSSR count). The summed E-state index contributed by atoms with van der Waals surface area (Å²) in [6, 6.07) is 6.63. The molecule has 7 nitrogen and oxygen atoms in total. The number of nitrogens with zero attached hydrogens (tertiary/aromatic N) is 3. The number of nitrogens with one attached hydrogen (secondary N) is 2. The number of sulfonamides is 1. The van der Waals surface area contributed by atoms with Gasteiger partial charge in [0.25, 0.3) is 0 Å². The summed E-state index contributed by atoms with van der Waals surface area (Å²) >= 11 is 0. The molecule has 0 saturated carbocycles. The summed E-state index contributed by atoms with van der Waals surface area (Å²) in [5.41, 5.74) is 0.891. The molecule has 2 aromatic rings. The Morgan fingerprint density at radius 1 is 1.19 bits per heavy atom. The Bertz CT molecular complexity index is 679. The molecule has 0 aliphatic carbocycles. The lowest BCUT2D eigenvalue weighted by Gasteiger charge is -2.08. The van der Waals surface area contributed by atoms with Crippen molar-refractivity contribution in [2.24, 2.45) is 0 Å². The smallest absolute Gasteiger partial charge is 0.240 e. The molecule has 0 unspecified atom stereocenters. The van der Waals surface area contributed by atoms with Crippen LogP contribution in [0.25, 0.3) is 0 Å². The van der Waals surface area contributed by atoms with Gasteiger partial charge in [-0.1, -0.05) is 0 Å². The van der Waals surface area contributed by atoms with E-state index in [-0.39, 0.29) is 11.4 Å². The Hall–Kier alpha value is -1.93. The van der Waals surface area contributed by atoms with Gasteiger partial charge in [0.2, 0.25) is 10.0 Å². The van der Waals surface area contributed by atoms with E-state index in [0.717, 1.165) is 12.2 Å². The molecular formula is C13H19N5O2S. The Kier molecular flexibility index (Phi) is 4.92. The Balaban J connectivity index is 2.07. The molecule has 0 radical (unpaired) electrons. The summed E-state index contributed by atoms with van der Waals surface area (Å²) in [6.45, 7) is 5.53. The molecule has 21 heavy (non-hydrogen) atoms. The van der Waals surface area contributed by atoms with Crippen LogP contribution in [0.5, 0.6) is 0 Å². The molecule has 0 atom stereocenters. The maximum absolute atomic E-state index is 12.2. The van der Waals surface area contributed by atoms with Gasteiger partial charge in [-0.3, -0.25) is 0 Å². The molecule has 1 aromatic carbocycles. The highest BCUT2D eigenvalue weighted by Gasteiger charge is 2.15. The monoisotopic (exact) mass is 309 g/mol. The zero-order valence-electron chi connectivity index (χ0n) is 12.1. The highest BCUT2D eigenvalue weighted by atomic mass is 32.2. The molecule has 0 saturated heterocycles. The van der Waals surface area contributed by atoms with Crippen LogP contribution < -0.4 is 10.0 Å². The van der Waals surface area contributed by atoms with E-state index < -0.39 is 10.0 Å². The second-order valence-electron chi connectivity index (χ2n) is 4.41. The SMILES string of the molecule is CCNc1ccc(S(=O)(=O)NCc2nncn2CC)cc1. The topological polar surface area (TPSA) is 88.9 Å². The molecule has 1 heterocycles. The number of aryl methyl sites for hydroxylation is 1. The first-order chi connectivity index (χ1) is 10.1. The van der Waals surface area contributed by atoms with Gasteiger partial charge in [-0.2, -0.15) is 0 Å². The molecule has 0 fully saturated rings. The fourth-order valence-electron chi connectivity index (χ4n) is 1.88. The molecule has 0 aliphatic heterocycles. The summed E-state index contributed by atoms with van der Waals surface area (Å²) in [5.74, 6) is 0.588. The van der Waals surface area contributed by atoms with E-state index in [1.165, 1.54) is 0 Å². The summed E-state index contributed by atoms with van der Waals surface area (Å²) in [7, 11) is -3.55. The van der Waals surface area contributed by atoms with Crippen molar-refractivity contribution < 1.29 is 8.42 Å². The van der Waals surface area contributed by atoms with Crippen molar-refractivity contribution in [2.45, 2.75) is 31.8 Å². The van der Waals surface area contributed by atoms with Gasteiger partial charge in [0.1, 0.15) is 12.2 Å². The number of hydrogen-bond acceptors (Lipinski definition) is 5. The molecule has 0 spiro atoms. The third-order valence-corrected chi connectivity index (χ3v) is 4.42. The summed E-state index contributed by atoms with van der Waals surface area (Å²) in [5, 5.41) is 10.8. The third-order valence-electron chi connectivity index (χ3n) is 3.00. The van der Waals surface area contributed by atoms with Crippen molar-refractivity contribution in [3.8, 4) is 0 Å². The summed E-state index contributed by atoms with van der Waals surface area (Å²) in [6.07, 6.45) is 1.58. The van der Waals surface area contributed by atoms with Crippen molar-refractivity contribution in [3.05, 3.63) is 36.4 Å². The van der Waals surface area contributed by atoms with Crippen molar-refractivity contribution in [1.29, 1.82) is 0 Å². The van der Waals surface area contributed by atoms with Crippen LogP contribution in [-0.2, 0) is 23.1 Å². The zero-order chi connectivity index (χ0) is 15.3. The Morgan fingerprint density at radius 3 is 2.52 bits per heavy atom. The van der Waals surface area contributed by atoms with E-state index in [2.05, 4.69) is 20.2 Å². The fourth-order valence-corrected chi connectivity index (χ4v) is 2.86. The van der Waals surface area contributed by atoms with Crippen molar-refractivity contribution >= 4 is 15.7 Å². The van der Waals surface area contributed by atoms with E-state index in [4.69, 9.17) is 0 Å². The van der Waals surface area contributed by atoms with Gasteiger partial charge < -0.3 is 9.88 Å². The van der Waals surface area contributed by atoms with Gasteiger partial charge in [0.05, 0.1) is 11.4 Å². The maximum Gasteiger partial charge on any atom is 0.240 e.